The molecule has 0 aliphatic carbocycles. The smallest absolute Gasteiger partial charge is 0.251 e. The molecule has 2 unspecified atom stereocenters. The summed E-state index contributed by atoms with van der Waals surface area (Å²) in [6.07, 6.45) is 6.03. The number of ether oxygens (including phenoxy) is 1. The molecule has 3 N–H and O–H groups in total. The van der Waals surface area contributed by atoms with Crippen LogP contribution < -0.4 is 15.4 Å². The van der Waals surface area contributed by atoms with Gasteiger partial charge in [0.25, 0.3) is 5.91 Å². The lowest BCUT2D eigenvalue weighted by molar-refractivity contribution is 0.0829. The fourth-order valence-electron chi connectivity index (χ4n) is 5.95. The van der Waals surface area contributed by atoms with Crippen LogP contribution >= 0.6 is 0 Å². The van der Waals surface area contributed by atoms with Crippen molar-refractivity contribution >= 4 is 5.91 Å². The molecule has 0 fully saturated rings. The Balaban J connectivity index is 1.44. The van der Waals surface area contributed by atoms with E-state index in [1.54, 1.807) is 18.3 Å². The average molecular weight is 629 g/mol. The molecule has 4 aromatic rings. The number of amides is 1. The summed E-state index contributed by atoms with van der Waals surface area (Å²) < 4.78 is 26.3. The molecule has 5 rings (SSSR count). The highest BCUT2D eigenvalue weighted by molar-refractivity contribution is 5.95. The summed E-state index contributed by atoms with van der Waals surface area (Å²) in [5, 5.41) is 17.8. The van der Waals surface area contributed by atoms with Crippen molar-refractivity contribution in [2.75, 3.05) is 26.2 Å². The number of nitrogens with zero attached hydrogens (tertiary/aromatic N) is 2. The van der Waals surface area contributed by atoms with Gasteiger partial charge in [0, 0.05) is 36.8 Å². The molecule has 1 aromatic heterocycles. The molecule has 0 saturated heterocycles. The van der Waals surface area contributed by atoms with Crippen LogP contribution in [0.5, 0.6) is 5.75 Å². The molecule has 0 saturated carbocycles. The third kappa shape index (κ3) is 9.48. The monoisotopic (exact) mass is 628 g/mol. The number of fused-ring (bicyclic) bond motifs is 4. The lowest BCUT2D eigenvalue weighted by Crippen LogP contribution is -2.48. The SMILES string of the molecule is CCCN1CCCCOc2cc(F)cc(c2)CC(C(O)CNCc2cccc(CC)c2)NC(=O)c2cc(cc(-c3ncco3)c2)C1. The molecular formula is C37H45FN4O4. The summed E-state index contributed by atoms with van der Waals surface area (Å²) in [6, 6.07) is 17.9. The number of nitrogens with one attached hydrogen (secondary N) is 2. The summed E-state index contributed by atoms with van der Waals surface area (Å²) >= 11 is 0. The van der Waals surface area contributed by atoms with Gasteiger partial charge in [0.1, 0.15) is 17.8 Å². The molecule has 1 aliphatic heterocycles. The third-order valence-electron chi connectivity index (χ3n) is 8.27. The minimum absolute atomic E-state index is 0.213. The first-order valence-electron chi connectivity index (χ1n) is 16.4. The molecule has 8 nitrogen and oxygen atoms in total. The number of rotatable bonds is 9. The molecule has 3 aromatic carbocycles. The van der Waals surface area contributed by atoms with Gasteiger partial charge >= 0.3 is 0 Å². The van der Waals surface area contributed by atoms with E-state index in [9.17, 15) is 14.3 Å². The van der Waals surface area contributed by atoms with Crippen molar-refractivity contribution in [2.24, 2.45) is 0 Å². The summed E-state index contributed by atoms with van der Waals surface area (Å²) in [4.78, 5) is 20.6. The Labute approximate surface area is 271 Å². The number of hydrogen-bond donors (Lipinski definition) is 3. The average Bonchev–Trinajstić information content (AvgIpc) is 3.59. The first-order chi connectivity index (χ1) is 22.4. The molecule has 2 atom stereocenters. The van der Waals surface area contributed by atoms with Crippen molar-refractivity contribution in [3.8, 4) is 17.2 Å². The molecule has 46 heavy (non-hydrogen) atoms. The van der Waals surface area contributed by atoms with Crippen LogP contribution in [0.3, 0.4) is 0 Å². The number of carbonyl (C=O) groups is 1. The lowest BCUT2D eigenvalue weighted by atomic mass is 9.99. The van der Waals surface area contributed by atoms with Gasteiger partial charge in [0.15, 0.2) is 0 Å². The van der Waals surface area contributed by atoms with Crippen LogP contribution in [0.25, 0.3) is 11.5 Å². The molecule has 9 heteroatoms. The van der Waals surface area contributed by atoms with E-state index in [-0.39, 0.29) is 18.9 Å². The van der Waals surface area contributed by atoms with Crippen molar-refractivity contribution in [1.82, 2.24) is 20.5 Å². The van der Waals surface area contributed by atoms with Gasteiger partial charge in [-0.25, -0.2) is 9.37 Å². The van der Waals surface area contributed by atoms with Crippen LogP contribution in [0.15, 0.2) is 77.5 Å². The van der Waals surface area contributed by atoms with Gasteiger partial charge in [0.05, 0.1) is 24.9 Å². The molecular weight excluding hydrogens is 583 g/mol. The number of aromatic nitrogens is 1. The van der Waals surface area contributed by atoms with E-state index >= 15 is 0 Å². The molecule has 244 valence electrons. The van der Waals surface area contributed by atoms with Gasteiger partial charge in [-0.2, -0.15) is 0 Å². The Morgan fingerprint density at radius 2 is 1.91 bits per heavy atom. The van der Waals surface area contributed by atoms with Gasteiger partial charge in [-0.3, -0.25) is 9.69 Å². The second kappa shape index (κ2) is 16.5. The number of benzene rings is 3. The normalized spacial score (nSPS) is 17.1. The van der Waals surface area contributed by atoms with Crippen molar-refractivity contribution in [2.45, 2.75) is 71.2 Å². The van der Waals surface area contributed by atoms with E-state index in [1.165, 1.54) is 24.0 Å². The highest BCUT2D eigenvalue weighted by Crippen LogP contribution is 2.24. The van der Waals surface area contributed by atoms with E-state index in [0.29, 0.717) is 48.0 Å². The molecule has 4 bridgehead atoms. The molecule has 1 aliphatic rings. The number of hydrogen-bond acceptors (Lipinski definition) is 7. The topological polar surface area (TPSA) is 99.9 Å². The fourth-order valence-corrected chi connectivity index (χ4v) is 5.95. The van der Waals surface area contributed by atoms with Gasteiger partial charge in [0.2, 0.25) is 5.89 Å². The second-order valence-corrected chi connectivity index (χ2v) is 12.0. The van der Waals surface area contributed by atoms with Gasteiger partial charge < -0.3 is 24.9 Å². The van der Waals surface area contributed by atoms with E-state index < -0.39 is 18.0 Å². The maximum Gasteiger partial charge on any atom is 0.251 e. The van der Waals surface area contributed by atoms with Crippen LogP contribution in [0.4, 0.5) is 4.39 Å². The Bertz CT molecular complexity index is 1560. The zero-order valence-corrected chi connectivity index (χ0v) is 26.8. The lowest BCUT2D eigenvalue weighted by Gasteiger charge is -2.26. The van der Waals surface area contributed by atoms with E-state index in [1.807, 2.05) is 24.3 Å². The highest BCUT2D eigenvalue weighted by Gasteiger charge is 2.24. The predicted octanol–water partition coefficient (Wildman–Crippen LogP) is 5.92. The zero-order chi connectivity index (χ0) is 32.3. The number of aliphatic hydroxyl groups is 1. The van der Waals surface area contributed by atoms with E-state index in [4.69, 9.17) is 9.15 Å². The first-order valence-corrected chi connectivity index (χ1v) is 16.4. The highest BCUT2D eigenvalue weighted by atomic mass is 19.1. The van der Waals surface area contributed by atoms with Crippen LogP contribution in [-0.2, 0) is 25.9 Å². The number of carbonyl (C=O) groups excluding carboxylic acids is 1. The van der Waals surface area contributed by atoms with Crippen molar-refractivity contribution < 1.29 is 23.4 Å². The summed E-state index contributed by atoms with van der Waals surface area (Å²) in [7, 11) is 0. The van der Waals surface area contributed by atoms with Crippen LogP contribution in [0, 0.1) is 5.82 Å². The number of aryl methyl sites for hydroxylation is 1. The second-order valence-electron chi connectivity index (χ2n) is 12.0. The predicted molar refractivity (Wildman–Crippen MR) is 177 cm³/mol. The van der Waals surface area contributed by atoms with Gasteiger partial charge in [-0.15, -0.1) is 0 Å². The summed E-state index contributed by atoms with van der Waals surface area (Å²) in [5.74, 6) is 0.117. The van der Waals surface area contributed by atoms with Crippen molar-refractivity contribution in [3.05, 3.63) is 107 Å². The Hall–Kier alpha value is -4.05. The third-order valence-corrected chi connectivity index (χ3v) is 8.27. The maximum absolute atomic E-state index is 14.7. The molecule has 0 spiro atoms. The minimum Gasteiger partial charge on any atom is -0.493 e. The van der Waals surface area contributed by atoms with Gasteiger partial charge in [-0.1, -0.05) is 38.1 Å². The Kier molecular flexibility index (Phi) is 11.9. The fraction of sp³-hybridized carbons (Fsp3) is 0.405. The number of oxazole rings is 1. The van der Waals surface area contributed by atoms with Crippen LogP contribution in [0.1, 0.15) is 65.7 Å². The molecule has 2 heterocycles. The van der Waals surface area contributed by atoms with E-state index in [0.717, 1.165) is 49.9 Å². The first kappa shape index (κ1) is 33.3. The maximum atomic E-state index is 14.7. The Morgan fingerprint density at radius 3 is 2.72 bits per heavy atom. The quantitative estimate of drug-likeness (QED) is 0.212. The van der Waals surface area contributed by atoms with E-state index in [2.05, 4.69) is 46.5 Å². The van der Waals surface area contributed by atoms with Crippen molar-refractivity contribution in [3.63, 3.8) is 0 Å². The van der Waals surface area contributed by atoms with Crippen LogP contribution in [-0.4, -0.2) is 59.3 Å². The van der Waals surface area contributed by atoms with Crippen LogP contribution in [0.2, 0.25) is 0 Å². The standard InChI is InChI=1S/C37H45FN4O4/c1-3-11-42-12-5-6-13-45-33-19-28(18-32(38)22-33)20-34(35(43)24-39-23-27-9-7-8-26(4-2)15-27)41-36(44)30-16-29(25-42)17-31(21-30)37-40-10-14-46-37/h7-10,14-19,21-22,34-35,39,43H,3-6,11-13,20,23-25H2,1-2H3,(H,41,44). The minimum atomic E-state index is -0.956. The summed E-state index contributed by atoms with van der Waals surface area (Å²) in [6.45, 7) is 7.96. The molecule has 0 radical (unpaired) electrons. The zero-order valence-electron chi connectivity index (χ0n) is 26.8. The molecule has 1 amide bonds. The van der Waals surface area contributed by atoms with Gasteiger partial charge in [-0.05, 0) is 97.8 Å². The number of halogens is 1. The summed E-state index contributed by atoms with van der Waals surface area (Å²) in [5.41, 5.74) is 5.10. The van der Waals surface area contributed by atoms with Crippen molar-refractivity contribution in [1.29, 1.82) is 0 Å². The number of aliphatic hydroxyl groups excluding tert-OH is 1. The largest absolute Gasteiger partial charge is 0.493 e. The Morgan fingerprint density at radius 1 is 1.07 bits per heavy atom.